The van der Waals surface area contributed by atoms with Crippen molar-refractivity contribution in [3.05, 3.63) is 48.3 Å². The zero-order valence-electron chi connectivity index (χ0n) is 15.7. The summed E-state index contributed by atoms with van der Waals surface area (Å²) in [7, 11) is -3.92. The Morgan fingerprint density at radius 3 is 2.39 bits per heavy atom. The summed E-state index contributed by atoms with van der Waals surface area (Å²) in [6.45, 7) is 4.27. The summed E-state index contributed by atoms with van der Waals surface area (Å²) in [5, 5.41) is 20.3. The first-order valence-corrected chi connectivity index (χ1v) is 10.5. The number of pyridine rings is 1. The van der Waals surface area contributed by atoms with Crippen LogP contribution in [0.2, 0.25) is 0 Å². The van der Waals surface area contributed by atoms with Crippen LogP contribution in [0.4, 0.5) is 5.69 Å². The number of sulfone groups is 1. The normalized spacial score (nSPS) is 19.1. The second-order valence-electron chi connectivity index (χ2n) is 6.55. The van der Waals surface area contributed by atoms with Gasteiger partial charge in [-0.1, -0.05) is 13.8 Å². The minimum atomic E-state index is -3.92. The monoisotopic (exact) mass is 407 g/mol. The Kier molecular flexibility index (Phi) is 5.42. The van der Waals surface area contributed by atoms with Gasteiger partial charge in [0, 0.05) is 29.0 Å². The fraction of sp³-hybridized carbons (Fsp3) is 0.368. The van der Waals surface area contributed by atoms with Gasteiger partial charge in [-0.25, -0.2) is 8.42 Å². The first kappa shape index (κ1) is 20.2. The Morgan fingerprint density at radius 2 is 1.79 bits per heavy atom. The fourth-order valence-electron chi connectivity index (χ4n) is 3.15. The molecule has 28 heavy (non-hydrogen) atoms. The van der Waals surface area contributed by atoms with Crippen molar-refractivity contribution < 1.29 is 33.0 Å². The molecular formula is C19H23N2O6S+. The first-order valence-electron chi connectivity index (χ1n) is 9.04. The zero-order valence-corrected chi connectivity index (χ0v) is 16.5. The third-order valence-corrected chi connectivity index (χ3v) is 6.29. The van der Waals surface area contributed by atoms with E-state index >= 15 is 0 Å². The number of hydrogen-bond acceptors (Lipinski definition) is 6. The van der Waals surface area contributed by atoms with E-state index in [1.54, 1.807) is 0 Å². The number of rotatable bonds is 7. The van der Waals surface area contributed by atoms with Gasteiger partial charge in [0.25, 0.3) is 11.7 Å². The molecule has 3 rings (SSSR count). The molecule has 1 atom stereocenters. The van der Waals surface area contributed by atoms with Crippen LogP contribution >= 0.6 is 0 Å². The number of carbonyl (C=O) groups is 1. The quantitative estimate of drug-likeness (QED) is 0.408. The Bertz CT molecular complexity index is 990. The predicted octanol–water partition coefficient (Wildman–Crippen LogP) is 1.37. The molecule has 0 aliphatic carbocycles. The van der Waals surface area contributed by atoms with Crippen LogP contribution in [0.3, 0.4) is 0 Å². The Hall–Kier alpha value is -2.49. The van der Waals surface area contributed by atoms with Gasteiger partial charge in [-0.3, -0.25) is 10.0 Å². The van der Waals surface area contributed by atoms with Gasteiger partial charge in [0.05, 0.1) is 22.1 Å². The van der Waals surface area contributed by atoms with E-state index in [4.69, 9.17) is 4.74 Å². The van der Waals surface area contributed by atoms with Gasteiger partial charge in [0.15, 0.2) is 0 Å². The summed E-state index contributed by atoms with van der Waals surface area (Å²) >= 11 is 0. The number of carbonyl (C=O) groups excluding carboxylic acids is 1. The van der Waals surface area contributed by atoms with Crippen molar-refractivity contribution >= 4 is 21.4 Å². The highest BCUT2D eigenvalue weighted by Gasteiger charge is 2.51. The van der Waals surface area contributed by atoms with Gasteiger partial charge < -0.3 is 14.7 Å². The molecule has 1 aliphatic heterocycles. The van der Waals surface area contributed by atoms with E-state index in [0.717, 1.165) is 4.73 Å². The Balaban J connectivity index is 2.12. The number of anilines is 1. The molecule has 1 aliphatic rings. The molecule has 0 bridgehead atoms. The molecule has 0 saturated heterocycles. The third kappa shape index (κ3) is 3.25. The average molecular weight is 407 g/mol. The summed E-state index contributed by atoms with van der Waals surface area (Å²) in [6.07, 6.45) is 3.66. The average Bonchev–Trinajstić information content (AvgIpc) is 2.89. The van der Waals surface area contributed by atoms with E-state index in [2.05, 4.69) is 0 Å². The van der Waals surface area contributed by atoms with E-state index < -0.39 is 21.5 Å². The van der Waals surface area contributed by atoms with Crippen LogP contribution in [-0.4, -0.2) is 37.8 Å². The smallest absolute Gasteiger partial charge is 0.292 e. The first-order chi connectivity index (χ1) is 13.3. The minimum Gasteiger partial charge on any atom is -0.354 e. The van der Waals surface area contributed by atoms with Crippen molar-refractivity contribution in [1.82, 2.24) is 0 Å². The summed E-state index contributed by atoms with van der Waals surface area (Å²) in [5.41, 5.74) is 0.555. The second kappa shape index (κ2) is 7.50. The number of fused-ring (bicyclic) bond motifs is 1. The van der Waals surface area contributed by atoms with Gasteiger partial charge in [0.1, 0.15) is 0 Å². The summed E-state index contributed by atoms with van der Waals surface area (Å²) in [5.74, 6) is -2.83. The Labute approximate surface area is 163 Å². The number of benzene rings is 1. The number of aliphatic hydroxyl groups is 1. The van der Waals surface area contributed by atoms with Crippen molar-refractivity contribution in [2.24, 2.45) is 0 Å². The number of aromatic nitrogens is 1. The number of hydrogen-bond donors (Lipinski definition) is 2. The molecule has 150 valence electrons. The molecule has 8 nitrogen and oxygen atoms in total. The van der Waals surface area contributed by atoms with Crippen LogP contribution < -0.4 is 9.63 Å². The van der Waals surface area contributed by atoms with Crippen molar-refractivity contribution in [2.75, 3.05) is 18.1 Å². The van der Waals surface area contributed by atoms with Gasteiger partial charge in [-0.15, -0.1) is 0 Å². The van der Waals surface area contributed by atoms with Gasteiger partial charge in [-0.2, -0.15) is 0 Å². The molecule has 0 radical (unpaired) electrons. The molecule has 1 unspecified atom stereocenters. The maximum Gasteiger partial charge on any atom is 0.292 e. The van der Waals surface area contributed by atoms with Crippen LogP contribution in [0.1, 0.15) is 32.3 Å². The lowest BCUT2D eigenvalue weighted by Gasteiger charge is -2.23. The molecule has 2 N–H and O–H groups in total. The number of ether oxygens (including phenoxy) is 1. The lowest BCUT2D eigenvalue weighted by atomic mass is 10.1. The summed E-state index contributed by atoms with van der Waals surface area (Å²) in [6, 6.07) is 6.72. The van der Waals surface area contributed by atoms with E-state index in [0.29, 0.717) is 25.1 Å². The summed E-state index contributed by atoms with van der Waals surface area (Å²) < 4.78 is 32.1. The molecular weight excluding hydrogens is 384 g/mol. The predicted molar refractivity (Wildman–Crippen MR) is 98.5 cm³/mol. The van der Waals surface area contributed by atoms with Crippen LogP contribution in [0.15, 0.2) is 52.5 Å². The van der Waals surface area contributed by atoms with Crippen LogP contribution in [0.25, 0.3) is 0 Å². The van der Waals surface area contributed by atoms with Crippen molar-refractivity contribution in [1.29, 1.82) is 0 Å². The molecule has 0 saturated carbocycles. The molecule has 0 fully saturated rings. The van der Waals surface area contributed by atoms with Gasteiger partial charge >= 0.3 is 0 Å². The van der Waals surface area contributed by atoms with Crippen LogP contribution in [0.5, 0.6) is 0 Å². The molecule has 1 aromatic heterocycles. The van der Waals surface area contributed by atoms with E-state index in [1.165, 1.54) is 47.6 Å². The molecule has 1 amide bonds. The standard InChI is InChI=1S/C19H23N2O6S/c1-3-9-21-17-6-5-15(28(25,26)14-7-10-20(24)11-8-14)13-16(17)19(23,18(21)22)27-12-4-2/h5-8,10-11,13,23-24H,3-4,9,12H2,1-2H3/q+1. The number of nitrogens with zero attached hydrogens (tertiary/aromatic N) is 2. The van der Waals surface area contributed by atoms with E-state index in [9.17, 15) is 23.5 Å². The topological polar surface area (TPSA) is 108 Å². The highest BCUT2D eigenvalue weighted by molar-refractivity contribution is 7.91. The molecule has 0 spiro atoms. The SMILES string of the molecule is CCCOC1(O)C(=O)N(CCC)c2ccc(S(=O)(=O)c3cc[n+](O)cc3)cc21. The fourth-order valence-corrected chi connectivity index (χ4v) is 4.42. The second-order valence-corrected chi connectivity index (χ2v) is 8.50. The van der Waals surface area contributed by atoms with Gasteiger partial charge in [0.2, 0.25) is 22.2 Å². The summed E-state index contributed by atoms with van der Waals surface area (Å²) in [4.78, 5) is 14.1. The van der Waals surface area contributed by atoms with Gasteiger partial charge in [-0.05, 0) is 31.0 Å². The van der Waals surface area contributed by atoms with Crippen LogP contribution in [-0.2, 0) is 25.2 Å². The van der Waals surface area contributed by atoms with Crippen molar-refractivity contribution in [3.63, 3.8) is 0 Å². The number of amides is 1. The maximum absolute atomic E-state index is 12.9. The van der Waals surface area contributed by atoms with Crippen molar-refractivity contribution in [3.8, 4) is 0 Å². The largest absolute Gasteiger partial charge is 0.354 e. The minimum absolute atomic E-state index is 0.0227. The third-order valence-electron chi connectivity index (χ3n) is 4.52. The zero-order chi connectivity index (χ0) is 20.5. The molecule has 9 heteroatoms. The van der Waals surface area contributed by atoms with Crippen LogP contribution in [0, 0.1) is 0 Å². The Morgan fingerprint density at radius 1 is 1.11 bits per heavy atom. The molecule has 1 aromatic carbocycles. The highest BCUT2D eigenvalue weighted by atomic mass is 32.2. The lowest BCUT2D eigenvalue weighted by Crippen LogP contribution is -2.42. The van der Waals surface area contributed by atoms with Crippen molar-refractivity contribution in [2.45, 2.75) is 42.3 Å². The highest BCUT2D eigenvalue weighted by Crippen LogP contribution is 2.43. The maximum atomic E-state index is 12.9. The van der Waals surface area contributed by atoms with E-state index in [-0.39, 0.29) is 22.0 Å². The molecule has 2 heterocycles. The van der Waals surface area contributed by atoms with E-state index in [1.807, 2.05) is 13.8 Å². The molecule has 2 aromatic rings. The lowest BCUT2D eigenvalue weighted by molar-refractivity contribution is -0.905.